The molecule has 1 aromatic rings. The fourth-order valence-electron chi connectivity index (χ4n) is 1.94. The van der Waals surface area contributed by atoms with E-state index in [2.05, 4.69) is 4.98 Å². The Morgan fingerprint density at radius 2 is 1.90 bits per heavy atom. The lowest BCUT2D eigenvalue weighted by molar-refractivity contribution is 0.00578. The van der Waals surface area contributed by atoms with Crippen molar-refractivity contribution in [2.24, 2.45) is 5.73 Å². The highest BCUT2D eigenvalue weighted by atomic mass is 35.5. The van der Waals surface area contributed by atoms with Gasteiger partial charge >= 0.3 is 7.12 Å². The molecule has 108 valence electrons. The average Bonchev–Trinajstić information content (AvgIpc) is 2.55. The van der Waals surface area contributed by atoms with Gasteiger partial charge in [0.15, 0.2) is 0 Å². The lowest BCUT2D eigenvalue weighted by Gasteiger charge is -2.32. The van der Waals surface area contributed by atoms with Crippen molar-refractivity contribution in [1.82, 2.24) is 4.98 Å². The van der Waals surface area contributed by atoms with Crippen molar-refractivity contribution in [2.75, 3.05) is 6.54 Å². The molecule has 20 heavy (non-hydrogen) atoms. The minimum Gasteiger partial charge on any atom is -0.400 e. The van der Waals surface area contributed by atoms with Gasteiger partial charge < -0.3 is 15.0 Å². The molecule has 1 fully saturated rings. The number of pyridine rings is 1. The van der Waals surface area contributed by atoms with E-state index in [4.69, 9.17) is 26.6 Å². The zero-order valence-electron chi connectivity index (χ0n) is 12.3. The van der Waals surface area contributed by atoms with E-state index < -0.39 is 7.12 Å². The second-order valence-corrected chi connectivity index (χ2v) is 6.38. The van der Waals surface area contributed by atoms with Gasteiger partial charge in [0.25, 0.3) is 0 Å². The molecular weight excluding hydrogens is 274 g/mol. The summed E-state index contributed by atoms with van der Waals surface area (Å²) in [6.45, 7) is 8.41. The van der Waals surface area contributed by atoms with Crippen molar-refractivity contribution in [1.29, 1.82) is 0 Å². The molecule has 1 aromatic heterocycles. The number of aromatic nitrogens is 1. The van der Waals surface area contributed by atoms with E-state index >= 15 is 0 Å². The Bertz CT molecular complexity index is 516. The Hall–Kier alpha value is -0.875. The van der Waals surface area contributed by atoms with E-state index in [0.717, 1.165) is 11.0 Å². The van der Waals surface area contributed by atoms with Crippen LogP contribution in [0.5, 0.6) is 0 Å². The summed E-state index contributed by atoms with van der Waals surface area (Å²) >= 11 is 5.94. The van der Waals surface area contributed by atoms with Gasteiger partial charge in [0.05, 0.1) is 16.2 Å². The summed E-state index contributed by atoms with van der Waals surface area (Å²) in [6, 6.07) is 1.83. The summed E-state index contributed by atoms with van der Waals surface area (Å²) in [5.74, 6) is 0. The van der Waals surface area contributed by atoms with Crippen LogP contribution in [-0.2, 0) is 9.31 Å². The SMILES string of the molecule is CC1(C)OB(C(=Cc2cncc(Cl)c2)CN)OC1(C)C. The van der Waals surface area contributed by atoms with Crippen molar-refractivity contribution in [3.63, 3.8) is 0 Å². The van der Waals surface area contributed by atoms with Crippen LogP contribution in [0.1, 0.15) is 33.3 Å². The van der Waals surface area contributed by atoms with Crippen molar-refractivity contribution < 1.29 is 9.31 Å². The first-order valence-electron chi connectivity index (χ1n) is 6.62. The quantitative estimate of drug-likeness (QED) is 0.871. The van der Waals surface area contributed by atoms with Gasteiger partial charge in [0.2, 0.25) is 0 Å². The molecule has 1 aliphatic rings. The second-order valence-electron chi connectivity index (χ2n) is 5.95. The molecule has 1 aliphatic heterocycles. The highest BCUT2D eigenvalue weighted by molar-refractivity contribution is 6.55. The van der Waals surface area contributed by atoms with Gasteiger partial charge in [0, 0.05) is 18.9 Å². The second kappa shape index (κ2) is 5.49. The van der Waals surface area contributed by atoms with Gasteiger partial charge in [-0.25, -0.2) is 0 Å². The normalized spacial score (nSPS) is 21.3. The lowest BCUT2D eigenvalue weighted by atomic mass is 9.77. The maximum Gasteiger partial charge on any atom is 0.491 e. The Kier molecular flexibility index (Phi) is 4.26. The third kappa shape index (κ3) is 3.06. The van der Waals surface area contributed by atoms with E-state index in [0.29, 0.717) is 11.6 Å². The summed E-state index contributed by atoms with van der Waals surface area (Å²) in [4.78, 5) is 4.06. The van der Waals surface area contributed by atoms with E-state index in [-0.39, 0.29) is 11.2 Å². The Labute approximate surface area is 125 Å². The fraction of sp³-hybridized carbons (Fsp3) is 0.500. The van der Waals surface area contributed by atoms with Crippen LogP contribution >= 0.6 is 11.6 Å². The molecule has 0 atom stereocenters. The molecule has 0 bridgehead atoms. The number of hydrogen-bond donors (Lipinski definition) is 1. The third-order valence-corrected chi connectivity index (χ3v) is 4.08. The number of rotatable bonds is 3. The van der Waals surface area contributed by atoms with Gasteiger partial charge in [-0.1, -0.05) is 17.7 Å². The predicted molar refractivity (Wildman–Crippen MR) is 82.4 cm³/mol. The molecular formula is C14H20BClN2O2. The summed E-state index contributed by atoms with van der Waals surface area (Å²) in [6.07, 6.45) is 5.24. The van der Waals surface area contributed by atoms with Crippen LogP contribution in [0.4, 0.5) is 0 Å². The minimum absolute atomic E-state index is 0.351. The fourth-order valence-corrected chi connectivity index (χ4v) is 2.12. The van der Waals surface area contributed by atoms with Crippen LogP contribution in [-0.4, -0.2) is 29.8 Å². The van der Waals surface area contributed by atoms with Crippen LogP contribution < -0.4 is 5.73 Å². The first-order valence-corrected chi connectivity index (χ1v) is 7.00. The number of halogens is 1. The number of nitrogens with two attached hydrogens (primary N) is 1. The molecule has 0 radical (unpaired) electrons. The topological polar surface area (TPSA) is 57.4 Å². The highest BCUT2D eigenvalue weighted by Crippen LogP contribution is 2.38. The Balaban J connectivity index is 2.26. The van der Waals surface area contributed by atoms with Crippen LogP contribution in [0.2, 0.25) is 5.02 Å². The van der Waals surface area contributed by atoms with Crippen LogP contribution in [0.15, 0.2) is 23.9 Å². The van der Waals surface area contributed by atoms with Gasteiger partial charge in [0.1, 0.15) is 0 Å². The van der Waals surface area contributed by atoms with Gasteiger partial charge in [-0.3, -0.25) is 4.98 Å². The monoisotopic (exact) mass is 294 g/mol. The minimum atomic E-state index is -0.441. The lowest BCUT2D eigenvalue weighted by Crippen LogP contribution is -2.41. The summed E-state index contributed by atoms with van der Waals surface area (Å²) in [5, 5.41) is 0.587. The average molecular weight is 295 g/mol. The van der Waals surface area contributed by atoms with Crippen molar-refractivity contribution in [3.8, 4) is 0 Å². The van der Waals surface area contributed by atoms with E-state index in [9.17, 15) is 0 Å². The molecule has 0 amide bonds. The Morgan fingerprint density at radius 1 is 1.30 bits per heavy atom. The molecule has 0 spiro atoms. The molecule has 1 saturated heterocycles. The molecule has 2 rings (SSSR count). The van der Waals surface area contributed by atoms with Crippen molar-refractivity contribution in [3.05, 3.63) is 34.5 Å². The van der Waals surface area contributed by atoms with E-state index in [1.807, 2.05) is 39.8 Å². The number of hydrogen-bond acceptors (Lipinski definition) is 4. The van der Waals surface area contributed by atoms with Gasteiger partial charge in [-0.05, 0) is 44.8 Å². The summed E-state index contributed by atoms with van der Waals surface area (Å²) in [7, 11) is -0.441. The first-order chi connectivity index (χ1) is 9.25. The van der Waals surface area contributed by atoms with Crippen molar-refractivity contribution >= 4 is 24.8 Å². The standard InChI is InChI=1S/C14H20BClN2O2/c1-13(2)14(3,4)20-15(19-13)11(7-17)5-10-6-12(16)9-18-8-10/h5-6,8-9H,7,17H2,1-4H3. The van der Waals surface area contributed by atoms with Gasteiger partial charge in [-0.2, -0.15) is 0 Å². The predicted octanol–water partition coefficient (Wildman–Crippen LogP) is 2.71. The van der Waals surface area contributed by atoms with Crippen LogP contribution in [0, 0.1) is 0 Å². The first kappa shape index (κ1) is 15.5. The molecule has 2 N–H and O–H groups in total. The van der Waals surface area contributed by atoms with Crippen LogP contribution in [0.25, 0.3) is 6.08 Å². The molecule has 0 saturated carbocycles. The van der Waals surface area contributed by atoms with Crippen molar-refractivity contribution in [2.45, 2.75) is 38.9 Å². The van der Waals surface area contributed by atoms with E-state index in [1.54, 1.807) is 12.4 Å². The smallest absolute Gasteiger partial charge is 0.400 e. The van der Waals surface area contributed by atoms with Gasteiger partial charge in [-0.15, -0.1) is 0 Å². The number of nitrogens with zero attached hydrogens (tertiary/aromatic N) is 1. The zero-order chi connectivity index (χ0) is 15.0. The summed E-state index contributed by atoms with van der Waals surface area (Å²) in [5.41, 5.74) is 6.83. The molecule has 0 aromatic carbocycles. The maximum atomic E-state index is 6.00. The molecule has 2 heterocycles. The Morgan fingerprint density at radius 3 is 2.40 bits per heavy atom. The third-order valence-electron chi connectivity index (χ3n) is 3.87. The molecule has 0 aliphatic carbocycles. The van der Waals surface area contributed by atoms with Crippen LogP contribution in [0.3, 0.4) is 0 Å². The maximum absolute atomic E-state index is 6.00. The molecule has 0 unspecified atom stereocenters. The summed E-state index contributed by atoms with van der Waals surface area (Å²) < 4.78 is 12.0. The molecule has 6 heteroatoms. The largest absolute Gasteiger partial charge is 0.491 e. The highest BCUT2D eigenvalue weighted by Gasteiger charge is 2.52. The zero-order valence-corrected chi connectivity index (χ0v) is 13.1. The molecule has 4 nitrogen and oxygen atoms in total. The van der Waals surface area contributed by atoms with E-state index in [1.165, 1.54) is 0 Å².